The minimum Gasteiger partial charge on any atom is -0.480 e. The van der Waals surface area contributed by atoms with E-state index in [0.717, 1.165) is 0 Å². The summed E-state index contributed by atoms with van der Waals surface area (Å²) in [5.74, 6) is -5.89. The minimum absolute atomic E-state index is 0.0904. The molecule has 14 nitrogen and oxygen atoms in total. The number of aliphatic hydroxyl groups is 1. The van der Waals surface area contributed by atoms with Crippen LogP contribution in [0.15, 0.2) is 0 Å². The quantitative estimate of drug-likeness (QED) is 0.118. The fourth-order valence-electron chi connectivity index (χ4n) is 2.56. The van der Waals surface area contributed by atoms with Gasteiger partial charge in [0, 0.05) is 6.42 Å². The molecular weight excluding hydrogens is 428 g/mol. The topological polar surface area (TPSA) is 257 Å². The van der Waals surface area contributed by atoms with Crippen molar-refractivity contribution in [2.24, 2.45) is 23.1 Å². The summed E-state index contributed by atoms with van der Waals surface area (Å²) in [7, 11) is 0. The van der Waals surface area contributed by atoms with Gasteiger partial charge < -0.3 is 43.4 Å². The summed E-state index contributed by atoms with van der Waals surface area (Å²) in [6, 6.07) is -5.48. The van der Waals surface area contributed by atoms with Crippen molar-refractivity contribution in [2.75, 3.05) is 6.61 Å². The molecule has 0 saturated carbocycles. The van der Waals surface area contributed by atoms with Gasteiger partial charge >= 0.3 is 5.97 Å². The third-order valence-corrected chi connectivity index (χ3v) is 4.21. The second kappa shape index (κ2) is 13.9. The Kier molecular flexibility index (Phi) is 12.5. The predicted molar refractivity (Wildman–Crippen MR) is 110 cm³/mol. The first kappa shape index (κ1) is 28.7. The number of aliphatic hydroxyl groups excluding tert-OH is 1. The second-order valence-electron chi connectivity index (χ2n) is 7.62. The third-order valence-electron chi connectivity index (χ3n) is 4.21. The molecule has 0 heterocycles. The first-order valence-electron chi connectivity index (χ1n) is 9.85. The zero-order valence-corrected chi connectivity index (χ0v) is 18.0. The molecule has 0 rings (SSSR count). The molecule has 0 aliphatic carbocycles. The van der Waals surface area contributed by atoms with Crippen molar-refractivity contribution in [1.29, 1.82) is 0 Å². The van der Waals surface area contributed by atoms with Crippen LogP contribution >= 0.6 is 0 Å². The predicted octanol–water partition coefficient (Wildman–Crippen LogP) is -3.97. The van der Waals surface area contributed by atoms with Crippen LogP contribution in [0.4, 0.5) is 0 Å². The standard InChI is InChI=1S/C18H32N6O8/c1-8(2)5-11(16(29)22-10(18(31)32)3-4-13(20)26)24-17(30)12(6-14(21)27)23-15(28)9(19)7-25/h8-12,25H,3-7,19H2,1-2H3,(H2,20,26)(H2,21,27)(H,22,29)(H,23,28)(H,24,30)(H,31,32). The monoisotopic (exact) mass is 460 g/mol. The Morgan fingerprint density at radius 3 is 1.75 bits per heavy atom. The number of aliphatic carboxylic acids is 1. The lowest BCUT2D eigenvalue weighted by atomic mass is 10.0. The highest BCUT2D eigenvalue weighted by Crippen LogP contribution is 2.08. The molecule has 5 amide bonds. The normalized spacial score (nSPS) is 14.5. The maximum Gasteiger partial charge on any atom is 0.326 e. The number of carbonyl (C=O) groups excluding carboxylic acids is 5. The second-order valence-corrected chi connectivity index (χ2v) is 7.62. The van der Waals surface area contributed by atoms with Crippen molar-refractivity contribution in [2.45, 2.75) is 63.7 Å². The Morgan fingerprint density at radius 2 is 1.31 bits per heavy atom. The number of hydrogen-bond acceptors (Lipinski definition) is 8. The van der Waals surface area contributed by atoms with Crippen molar-refractivity contribution in [3.05, 3.63) is 0 Å². The van der Waals surface area contributed by atoms with Crippen molar-refractivity contribution in [3.63, 3.8) is 0 Å². The number of carboxylic acids is 1. The van der Waals surface area contributed by atoms with E-state index in [2.05, 4.69) is 16.0 Å². The highest BCUT2D eigenvalue weighted by molar-refractivity contribution is 5.96. The maximum atomic E-state index is 12.7. The van der Waals surface area contributed by atoms with Gasteiger partial charge in [0.25, 0.3) is 0 Å². The largest absolute Gasteiger partial charge is 0.480 e. The Bertz CT molecular complexity index is 714. The number of hydrogen-bond donors (Lipinski definition) is 8. The maximum absolute atomic E-state index is 12.7. The van der Waals surface area contributed by atoms with Gasteiger partial charge in [0.15, 0.2) is 0 Å². The summed E-state index contributed by atoms with van der Waals surface area (Å²) in [6.07, 6.45) is -1.05. The van der Waals surface area contributed by atoms with Crippen molar-refractivity contribution in [1.82, 2.24) is 16.0 Å². The minimum atomic E-state index is -1.48. The average molecular weight is 460 g/mol. The molecule has 4 atom stereocenters. The number of nitrogens with one attached hydrogen (secondary N) is 3. The summed E-state index contributed by atoms with van der Waals surface area (Å²) in [5.41, 5.74) is 15.5. The van der Waals surface area contributed by atoms with Gasteiger partial charge in [-0.25, -0.2) is 4.79 Å². The van der Waals surface area contributed by atoms with Crippen molar-refractivity contribution in [3.8, 4) is 0 Å². The molecular formula is C18H32N6O8. The van der Waals surface area contributed by atoms with Crippen LogP contribution in [0.2, 0.25) is 0 Å². The van der Waals surface area contributed by atoms with Crippen LogP contribution in [-0.4, -0.2) is 76.5 Å². The molecule has 0 radical (unpaired) electrons. The number of primary amides is 2. The fourth-order valence-corrected chi connectivity index (χ4v) is 2.56. The van der Waals surface area contributed by atoms with E-state index >= 15 is 0 Å². The van der Waals surface area contributed by atoms with E-state index in [9.17, 15) is 33.9 Å². The molecule has 0 bridgehead atoms. The Hall–Kier alpha value is -3.26. The molecule has 11 N–H and O–H groups in total. The molecule has 182 valence electrons. The van der Waals surface area contributed by atoms with Crippen LogP contribution in [0.1, 0.15) is 39.5 Å². The number of nitrogens with two attached hydrogens (primary N) is 3. The highest BCUT2D eigenvalue weighted by atomic mass is 16.4. The SMILES string of the molecule is CC(C)CC(NC(=O)C(CC(N)=O)NC(=O)C(N)CO)C(=O)NC(CCC(N)=O)C(=O)O. The molecule has 0 saturated heterocycles. The molecule has 0 aliphatic rings. The summed E-state index contributed by atoms with van der Waals surface area (Å²) in [6.45, 7) is 2.78. The van der Waals surface area contributed by atoms with Gasteiger partial charge in [-0.1, -0.05) is 13.8 Å². The van der Waals surface area contributed by atoms with Gasteiger partial charge in [-0.05, 0) is 18.8 Å². The summed E-state index contributed by atoms with van der Waals surface area (Å²) in [4.78, 5) is 70.8. The molecule has 0 aromatic carbocycles. The lowest BCUT2D eigenvalue weighted by molar-refractivity contribution is -0.143. The Balaban J connectivity index is 5.48. The van der Waals surface area contributed by atoms with Crippen LogP contribution in [0.25, 0.3) is 0 Å². The molecule has 0 aliphatic heterocycles. The van der Waals surface area contributed by atoms with E-state index in [0.29, 0.717) is 0 Å². The van der Waals surface area contributed by atoms with E-state index in [1.807, 2.05) is 0 Å². The van der Waals surface area contributed by atoms with Gasteiger partial charge in [-0.15, -0.1) is 0 Å². The lowest BCUT2D eigenvalue weighted by Gasteiger charge is -2.25. The van der Waals surface area contributed by atoms with Gasteiger partial charge in [-0.2, -0.15) is 0 Å². The van der Waals surface area contributed by atoms with Gasteiger partial charge in [0.2, 0.25) is 29.5 Å². The van der Waals surface area contributed by atoms with E-state index in [4.69, 9.17) is 22.3 Å². The van der Waals surface area contributed by atoms with E-state index in [1.165, 1.54) is 0 Å². The molecule has 0 aromatic heterocycles. The molecule has 0 aromatic rings. The fraction of sp³-hybridized carbons (Fsp3) is 0.667. The number of carboxylic acid groups (broad SMARTS) is 1. The first-order chi connectivity index (χ1) is 14.8. The molecule has 0 spiro atoms. The van der Waals surface area contributed by atoms with Gasteiger partial charge in [0.05, 0.1) is 13.0 Å². The van der Waals surface area contributed by atoms with E-state index in [1.54, 1.807) is 13.8 Å². The smallest absolute Gasteiger partial charge is 0.326 e. The zero-order chi connectivity index (χ0) is 25.0. The molecule has 32 heavy (non-hydrogen) atoms. The lowest BCUT2D eigenvalue weighted by Crippen LogP contribution is -2.58. The summed E-state index contributed by atoms with van der Waals surface area (Å²) < 4.78 is 0. The van der Waals surface area contributed by atoms with Crippen molar-refractivity contribution >= 4 is 35.5 Å². The third kappa shape index (κ3) is 11.2. The Morgan fingerprint density at radius 1 is 0.812 bits per heavy atom. The van der Waals surface area contributed by atoms with E-state index < -0.39 is 72.7 Å². The van der Waals surface area contributed by atoms with Gasteiger partial charge in [0.1, 0.15) is 24.2 Å². The Labute approximate surface area is 184 Å². The highest BCUT2D eigenvalue weighted by Gasteiger charge is 2.31. The van der Waals surface area contributed by atoms with Crippen LogP contribution in [0, 0.1) is 5.92 Å². The van der Waals surface area contributed by atoms with Crippen LogP contribution in [0.5, 0.6) is 0 Å². The van der Waals surface area contributed by atoms with E-state index in [-0.39, 0.29) is 25.2 Å². The molecule has 4 unspecified atom stereocenters. The van der Waals surface area contributed by atoms with Crippen LogP contribution in [0.3, 0.4) is 0 Å². The zero-order valence-electron chi connectivity index (χ0n) is 18.0. The molecule has 14 heteroatoms. The van der Waals surface area contributed by atoms with Crippen molar-refractivity contribution < 1.29 is 39.0 Å². The number of rotatable bonds is 15. The summed E-state index contributed by atoms with van der Waals surface area (Å²) in [5, 5.41) is 25.0. The average Bonchev–Trinajstić information content (AvgIpc) is 2.67. The number of amides is 5. The first-order valence-corrected chi connectivity index (χ1v) is 9.85. The van der Waals surface area contributed by atoms with Crippen LogP contribution < -0.4 is 33.2 Å². The molecule has 0 fully saturated rings. The number of carbonyl (C=O) groups is 6. The van der Waals surface area contributed by atoms with Gasteiger partial charge in [-0.3, -0.25) is 24.0 Å². The van der Waals surface area contributed by atoms with Crippen LogP contribution in [-0.2, 0) is 28.8 Å². The summed E-state index contributed by atoms with van der Waals surface area (Å²) >= 11 is 0.